The van der Waals surface area contributed by atoms with Gasteiger partial charge in [0.15, 0.2) is 0 Å². The second kappa shape index (κ2) is 5.74. The number of aromatic carboxylic acids is 1. The van der Waals surface area contributed by atoms with Gasteiger partial charge in [-0.1, -0.05) is 12.2 Å². The van der Waals surface area contributed by atoms with Crippen LogP contribution in [0.4, 0.5) is 4.39 Å². The molecule has 0 saturated carbocycles. The number of nitrogens with one attached hydrogen (secondary N) is 1. The van der Waals surface area contributed by atoms with E-state index in [9.17, 15) is 14.0 Å². The summed E-state index contributed by atoms with van der Waals surface area (Å²) in [5, 5.41) is 11.2. The van der Waals surface area contributed by atoms with Gasteiger partial charge >= 0.3 is 5.97 Å². The molecule has 90 valence electrons. The molecule has 0 bridgehead atoms. The zero-order chi connectivity index (χ0) is 12.8. The van der Waals surface area contributed by atoms with Gasteiger partial charge in [-0.2, -0.15) is 4.39 Å². The van der Waals surface area contributed by atoms with Crippen LogP contribution in [-0.2, 0) is 4.79 Å². The smallest absolute Gasteiger partial charge is 0.340 e. The Labute approximate surface area is 97.0 Å². The Hall–Kier alpha value is -2.24. The van der Waals surface area contributed by atoms with Crippen molar-refractivity contribution < 1.29 is 19.1 Å². The maximum Gasteiger partial charge on any atom is 0.340 e. The highest BCUT2D eigenvalue weighted by Crippen LogP contribution is 2.08. The van der Waals surface area contributed by atoms with E-state index in [1.165, 1.54) is 19.2 Å². The predicted octanol–water partition coefficient (Wildman–Crippen LogP) is 1.07. The van der Waals surface area contributed by atoms with Crippen LogP contribution >= 0.6 is 0 Å². The molecule has 2 N–H and O–H groups in total. The van der Waals surface area contributed by atoms with Gasteiger partial charge in [-0.05, 0) is 11.6 Å². The number of amides is 1. The molecule has 1 heterocycles. The van der Waals surface area contributed by atoms with E-state index >= 15 is 0 Å². The number of rotatable bonds is 4. The van der Waals surface area contributed by atoms with Crippen LogP contribution in [0.1, 0.15) is 22.8 Å². The Balaban J connectivity index is 2.75. The molecule has 0 unspecified atom stereocenters. The minimum atomic E-state index is -1.37. The molecular formula is C11H11FN2O3. The average Bonchev–Trinajstić information content (AvgIpc) is 2.25. The number of carboxylic acid groups (broad SMARTS) is 1. The normalized spacial score (nSPS) is 10.5. The number of carboxylic acids is 1. The van der Waals surface area contributed by atoms with Crippen molar-refractivity contribution in [1.29, 1.82) is 0 Å². The van der Waals surface area contributed by atoms with E-state index in [1.807, 2.05) is 0 Å². The molecule has 1 aromatic rings. The van der Waals surface area contributed by atoms with Crippen LogP contribution in [0.5, 0.6) is 0 Å². The molecule has 0 aromatic carbocycles. The molecule has 1 aromatic heterocycles. The van der Waals surface area contributed by atoms with Gasteiger partial charge in [-0.15, -0.1) is 0 Å². The second-order valence-corrected chi connectivity index (χ2v) is 3.25. The van der Waals surface area contributed by atoms with Crippen LogP contribution in [0.25, 0.3) is 6.08 Å². The molecule has 0 spiro atoms. The highest BCUT2D eigenvalue weighted by Gasteiger charge is 2.10. The van der Waals surface area contributed by atoms with Crippen LogP contribution < -0.4 is 5.32 Å². The summed E-state index contributed by atoms with van der Waals surface area (Å²) in [4.78, 5) is 24.5. The Kier molecular flexibility index (Phi) is 4.33. The highest BCUT2D eigenvalue weighted by atomic mass is 19.1. The number of halogens is 1. The first-order valence-electron chi connectivity index (χ1n) is 4.80. The number of carbonyl (C=O) groups is 2. The third-order valence-electron chi connectivity index (χ3n) is 1.87. The van der Waals surface area contributed by atoms with Gasteiger partial charge in [0.05, 0.1) is 0 Å². The maximum atomic E-state index is 12.9. The van der Waals surface area contributed by atoms with Gasteiger partial charge in [0.25, 0.3) is 0 Å². The summed E-state index contributed by atoms with van der Waals surface area (Å²) in [6.45, 7) is 1.70. The van der Waals surface area contributed by atoms with E-state index in [-0.39, 0.29) is 5.91 Å². The van der Waals surface area contributed by atoms with Crippen LogP contribution in [0.2, 0.25) is 0 Å². The minimum Gasteiger partial charge on any atom is -0.478 e. The van der Waals surface area contributed by atoms with Gasteiger partial charge < -0.3 is 10.4 Å². The zero-order valence-electron chi connectivity index (χ0n) is 9.11. The van der Waals surface area contributed by atoms with E-state index in [4.69, 9.17) is 5.11 Å². The number of nitrogens with zero attached hydrogens (tertiary/aromatic N) is 1. The molecule has 0 saturated heterocycles. The lowest BCUT2D eigenvalue weighted by molar-refractivity contribution is -0.118. The Morgan fingerprint density at radius 3 is 2.88 bits per heavy atom. The van der Waals surface area contributed by atoms with Crippen LogP contribution in [-0.4, -0.2) is 28.5 Å². The SMILES string of the molecule is CC(=O)NCC=Cc1cnc(F)c(C(=O)O)c1. The third kappa shape index (κ3) is 4.02. The molecule has 0 atom stereocenters. The molecule has 17 heavy (non-hydrogen) atoms. The number of pyridine rings is 1. The molecular weight excluding hydrogens is 227 g/mol. The standard InChI is InChI=1S/C11H11FN2O3/c1-7(15)13-4-2-3-8-5-9(11(16)17)10(12)14-6-8/h2-3,5-6H,4H2,1H3,(H,13,15)(H,16,17). The maximum absolute atomic E-state index is 12.9. The predicted molar refractivity (Wildman–Crippen MR) is 58.9 cm³/mol. The lowest BCUT2D eigenvalue weighted by atomic mass is 10.2. The molecule has 0 aliphatic heterocycles. The summed E-state index contributed by atoms with van der Waals surface area (Å²) in [5.74, 6) is -2.55. The van der Waals surface area contributed by atoms with Crippen molar-refractivity contribution in [1.82, 2.24) is 10.3 Å². The molecule has 1 amide bonds. The van der Waals surface area contributed by atoms with Gasteiger partial charge in [0, 0.05) is 19.7 Å². The van der Waals surface area contributed by atoms with Crippen molar-refractivity contribution in [2.45, 2.75) is 6.92 Å². The first kappa shape index (κ1) is 12.8. The van der Waals surface area contributed by atoms with Crippen molar-refractivity contribution in [3.63, 3.8) is 0 Å². The largest absolute Gasteiger partial charge is 0.478 e. The third-order valence-corrected chi connectivity index (χ3v) is 1.87. The van der Waals surface area contributed by atoms with Crippen molar-refractivity contribution in [3.05, 3.63) is 35.4 Å². The van der Waals surface area contributed by atoms with Gasteiger partial charge in [-0.25, -0.2) is 9.78 Å². The van der Waals surface area contributed by atoms with Gasteiger partial charge in [0.2, 0.25) is 11.9 Å². The minimum absolute atomic E-state index is 0.168. The second-order valence-electron chi connectivity index (χ2n) is 3.25. The summed E-state index contributed by atoms with van der Waals surface area (Å²) in [5.41, 5.74) is -0.0270. The monoisotopic (exact) mass is 238 g/mol. The molecule has 0 aliphatic rings. The average molecular weight is 238 g/mol. The van der Waals surface area contributed by atoms with Crippen LogP contribution in [0.3, 0.4) is 0 Å². The number of hydrogen-bond acceptors (Lipinski definition) is 3. The fourth-order valence-corrected chi connectivity index (χ4v) is 1.10. The van der Waals surface area contributed by atoms with E-state index < -0.39 is 17.5 Å². The number of hydrogen-bond donors (Lipinski definition) is 2. The summed E-state index contributed by atoms with van der Waals surface area (Å²) in [6, 6.07) is 1.18. The Morgan fingerprint density at radius 1 is 1.59 bits per heavy atom. The van der Waals surface area contributed by atoms with E-state index in [0.29, 0.717) is 12.1 Å². The molecule has 0 aliphatic carbocycles. The van der Waals surface area contributed by atoms with E-state index in [0.717, 1.165) is 0 Å². The summed E-state index contributed by atoms with van der Waals surface area (Å²) in [6.07, 6.45) is 4.38. The van der Waals surface area contributed by atoms with Crippen molar-refractivity contribution in [2.24, 2.45) is 0 Å². The number of carbonyl (C=O) groups excluding carboxylic acids is 1. The Morgan fingerprint density at radius 2 is 2.29 bits per heavy atom. The fraction of sp³-hybridized carbons (Fsp3) is 0.182. The van der Waals surface area contributed by atoms with Crippen molar-refractivity contribution >= 4 is 18.0 Å². The topological polar surface area (TPSA) is 79.3 Å². The Bertz CT molecular complexity index is 472. The summed E-state index contributed by atoms with van der Waals surface area (Å²) >= 11 is 0. The first-order chi connectivity index (χ1) is 8.00. The van der Waals surface area contributed by atoms with E-state index in [1.54, 1.807) is 12.2 Å². The highest BCUT2D eigenvalue weighted by molar-refractivity contribution is 5.88. The number of aromatic nitrogens is 1. The molecule has 5 nitrogen and oxygen atoms in total. The van der Waals surface area contributed by atoms with Crippen LogP contribution in [0.15, 0.2) is 18.3 Å². The van der Waals surface area contributed by atoms with E-state index in [2.05, 4.69) is 10.3 Å². The zero-order valence-corrected chi connectivity index (χ0v) is 9.11. The van der Waals surface area contributed by atoms with Gasteiger partial charge in [-0.3, -0.25) is 4.79 Å². The summed E-state index contributed by atoms with van der Waals surface area (Å²) in [7, 11) is 0. The first-order valence-corrected chi connectivity index (χ1v) is 4.80. The lowest BCUT2D eigenvalue weighted by Crippen LogP contribution is -2.19. The van der Waals surface area contributed by atoms with Crippen LogP contribution in [0, 0.1) is 5.95 Å². The molecule has 0 radical (unpaired) electrons. The fourth-order valence-electron chi connectivity index (χ4n) is 1.10. The molecule has 1 rings (SSSR count). The summed E-state index contributed by atoms with van der Waals surface area (Å²) < 4.78 is 12.9. The lowest BCUT2D eigenvalue weighted by Gasteiger charge is -1.99. The molecule has 0 fully saturated rings. The molecule has 6 heteroatoms. The van der Waals surface area contributed by atoms with Crippen molar-refractivity contribution in [3.8, 4) is 0 Å². The van der Waals surface area contributed by atoms with Crippen molar-refractivity contribution in [2.75, 3.05) is 6.54 Å². The van der Waals surface area contributed by atoms with Gasteiger partial charge in [0.1, 0.15) is 5.56 Å². The quantitative estimate of drug-likeness (QED) is 0.769.